The van der Waals surface area contributed by atoms with Gasteiger partial charge in [-0.2, -0.15) is 0 Å². The van der Waals surface area contributed by atoms with E-state index in [4.69, 9.17) is 25.8 Å². The van der Waals surface area contributed by atoms with Crippen molar-refractivity contribution in [3.63, 3.8) is 0 Å². The summed E-state index contributed by atoms with van der Waals surface area (Å²) in [7, 11) is 1.40. The standard InChI is InChI=1S/C38H44ClN5O8/c1-3-51-36(47)27-8-10-28(11-9-27)41-18-20-42(21-19-41)35(46)33(24-25-22-30(39)34(45)32(23-25)50-2)52-38(49)43-15-13-29(14-16-43)44-17-12-26-6-4-5-7-31(26)40-37(44)48/h4-11,22-23,29,33,45H,3,12-21,24H2,1-2H3,(H,40,48)/t33-/m1/s1. The van der Waals surface area contributed by atoms with E-state index >= 15 is 0 Å². The normalized spacial score (nSPS) is 17.1. The quantitative estimate of drug-likeness (QED) is 0.285. The summed E-state index contributed by atoms with van der Waals surface area (Å²) >= 11 is 6.27. The number of fused-ring (bicyclic) bond motifs is 1. The molecule has 1 atom stereocenters. The number of methoxy groups -OCH3 is 1. The van der Waals surface area contributed by atoms with Gasteiger partial charge in [0.1, 0.15) is 0 Å². The van der Waals surface area contributed by atoms with Gasteiger partial charge in [-0.1, -0.05) is 29.8 Å². The minimum Gasteiger partial charge on any atom is -0.503 e. The van der Waals surface area contributed by atoms with Gasteiger partial charge in [-0.15, -0.1) is 0 Å². The van der Waals surface area contributed by atoms with Gasteiger partial charge in [0.2, 0.25) is 0 Å². The van der Waals surface area contributed by atoms with Crippen LogP contribution in [0.1, 0.15) is 41.3 Å². The lowest BCUT2D eigenvalue weighted by Gasteiger charge is -2.39. The molecule has 0 aliphatic carbocycles. The Morgan fingerprint density at radius 3 is 2.35 bits per heavy atom. The molecule has 3 aromatic carbocycles. The Hall–Kier alpha value is -5.17. The summed E-state index contributed by atoms with van der Waals surface area (Å²) in [5.41, 5.74) is 3.86. The van der Waals surface area contributed by atoms with Crippen molar-refractivity contribution in [2.45, 2.75) is 44.8 Å². The first-order chi connectivity index (χ1) is 25.1. The van der Waals surface area contributed by atoms with Gasteiger partial charge in [-0.05, 0) is 79.8 Å². The summed E-state index contributed by atoms with van der Waals surface area (Å²) in [4.78, 5) is 60.1. The number of halogens is 1. The molecule has 0 bridgehead atoms. The number of amides is 4. The van der Waals surface area contributed by atoms with Crippen LogP contribution in [0, 0.1) is 0 Å². The first-order valence-electron chi connectivity index (χ1n) is 17.6. The fourth-order valence-electron chi connectivity index (χ4n) is 7.00. The molecule has 276 valence electrons. The zero-order chi connectivity index (χ0) is 36.8. The fraction of sp³-hybridized carbons (Fsp3) is 0.421. The predicted molar refractivity (Wildman–Crippen MR) is 195 cm³/mol. The number of benzene rings is 3. The zero-order valence-electron chi connectivity index (χ0n) is 29.4. The molecule has 6 rings (SSSR count). The second kappa shape index (κ2) is 16.4. The molecule has 2 fully saturated rings. The molecule has 3 aromatic rings. The van der Waals surface area contributed by atoms with Gasteiger partial charge in [-0.25, -0.2) is 14.4 Å². The van der Waals surface area contributed by atoms with Crippen LogP contribution in [0.3, 0.4) is 0 Å². The van der Waals surface area contributed by atoms with Crippen molar-refractivity contribution in [3.8, 4) is 11.5 Å². The van der Waals surface area contributed by atoms with E-state index in [1.54, 1.807) is 34.9 Å². The van der Waals surface area contributed by atoms with Gasteiger partial charge in [0, 0.05) is 69.7 Å². The number of piperazine rings is 1. The van der Waals surface area contributed by atoms with Gasteiger partial charge in [0.15, 0.2) is 17.6 Å². The molecule has 3 heterocycles. The molecule has 0 unspecified atom stereocenters. The molecule has 0 aromatic heterocycles. The van der Waals surface area contributed by atoms with Crippen molar-refractivity contribution in [2.24, 2.45) is 0 Å². The van der Waals surface area contributed by atoms with Crippen LogP contribution in [0.15, 0.2) is 60.7 Å². The van der Waals surface area contributed by atoms with Gasteiger partial charge < -0.3 is 44.2 Å². The van der Waals surface area contributed by atoms with E-state index in [1.807, 2.05) is 41.3 Å². The van der Waals surface area contributed by atoms with Crippen LogP contribution in [0.5, 0.6) is 11.5 Å². The number of likely N-dealkylation sites (tertiary alicyclic amines) is 1. The van der Waals surface area contributed by atoms with Crippen LogP contribution in [-0.2, 0) is 27.1 Å². The zero-order valence-corrected chi connectivity index (χ0v) is 30.1. The minimum absolute atomic E-state index is 0.0153. The summed E-state index contributed by atoms with van der Waals surface area (Å²) in [6.45, 7) is 5.23. The summed E-state index contributed by atoms with van der Waals surface area (Å²) in [6.07, 6.45) is 0.128. The Labute approximate surface area is 308 Å². The highest BCUT2D eigenvalue weighted by Gasteiger charge is 2.35. The number of nitrogens with zero attached hydrogens (tertiary/aromatic N) is 4. The Balaban J connectivity index is 1.10. The summed E-state index contributed by atoms with van der Waals surface area (Å²) in [5.74, 6) is -0.794. The molecule has 14 heteroatoms. The Morgan fingerprint density at radius 1 is 0.942 bits per heavy atom. The maximum absolute atomic E-state index is 14.1. The highest BCUT2D eigenvalue weighted by Crippen LogP contribution is 2.35. The minimum atomic E-state index is -1.17. The number of anilines is 2. The second-order valence-electron chi connectivity index (χ2n) is 13.0. The number of phenolic OH excluding ortho intramolecular Hbond substituents is 1. The van der Waals surface area contributed by atoms with E-state index in [-0.39, 0.29) is 46.9 Å². The summed E-state index contributed by atoms with van der Waals surface area (Å²) < 4.78 is 16.3. The van der Waals surface area contributed by atoms with Crippen LogP contribution < -0.4 is 15.0 Å². The van der Waals surface area contributed by atoms with E-state index in [2.05, 4.69) is 10.2 Å². The van der Waals surface area contributed by atoms with Crippen molar-refractivity contribution in [3.05, 3.63) is 82.4 Å². The molecule has 52 heavy (non-hydrogen) atoms. The smallest absolute Gasteiger partial charge is 0.410 e. The van der Waals surface area contributed by atoms with Crippen LogP contribution in [0.25, 0.3) is 0 Å². The van der Waals surface area contributed by atoms with Crippen molar-refractivity contribution in [1.82, 2.24) is 14.7 Å². The summed E-state index contributed by atoms with van der Waals surface area (Å²) in [6, 6.07) is 17.9. The third kappa shape index (κ3) is 8.31. The molecule has 0 radical (unpaired) electrons. The molecule has 3 aliphatic rings. The lowest BCUT2D eigenvalue weighted by atomic mass is 10.0. The maximum Gasteiger partial charge on any atom is 0.410 e. The van der Waals surface area contributed by atoms with Crippen LogP contribution in [-0.4, -0.2) is 115 Å². The molecular weight excluding hydrogens is 690 g/mol. The molecule has 4 amide bonds. The number of piperidine rings is 1. The number of hydrogen-bond donors (Lipinski definition) is 2. The van der Waals surface area contributed by atoms with E-state index in [1.165, 1.54) is 13.2 Å². The molecule has 0 saturated carbocycles. The fourth-order valence-corrected chi connectivity index (χ4v) is 7.23. The number of phenols is 1. The highest BCUT2D eigenvalue weighted by atomic mass is 35.5. The number of aromatic hydroxyl groups is 1. The molecular formula is C38H44ClN5O8. The first kappa shape index (κ1) is 36.6. The third-order valence-electron chi connectivity index (χ3n) is 9.89. The topological polar surface area (TPSA) is 141 Å². The van der Waals surface area contributed by atoms with Gasteiger partial charge in [0.25, 0.3) is 5.91 Å². The molecule has 2 saturated heterocycles. The van der Waals surface area contributed by atoms with Gasteiger partial charge in [0.05, 0.1) is 24.3 Å². The molecule has 2 N–H and O–H groups in total. The number of nitrogens with one attached hydrogen (secondary N) is 1. The van der Waals surface area contributed by atoms with Crippen molar-refractivity contribution < 1.29 is 38.5 Å². The van der Waals surface area contributed by atoms with Crippen LogP contribution in [0.2, 0.25) is 5.02 Å². The first-order valence-corrected chi connectivity index (χ1v) is 18.0. The van der Waals surface area contributed by atoms with E-state index < -0.39 is 12.2 Å². The van der Waals surface area contributed by atoms with Gasteiger partial charge >= 0.3 is 18.1 Å². The predicted octanol–water partition coefficient (Wildman–Crippen LogP) is 5.18. The lowest BCUT2D eigenvalue weighted by molar-refractivity contribution is -0.141. The molecule has 13 nitrogen and oxygen atoms in total. The van der Waals surface area contributed by atoms with Crippen molar-refractivity contribution >= 4 is 47.0 Å². The van der Waals surface area contributed by atoms with E-state index in [9.17, 15) is 24.3 Å². The maximum atomic E-state index is 14.1. The number of para-hydroxylation sites is 1. The van der Waals surface area contributed by atoms with Crippen LogP contribution in [0.4, 0.5) is 21.0 Å². The van der Waals surface area contributed by atoms with Gasteiger partial charge in [-0.3, -0.25) is 4.79 Å². The average molecular weight is 734 g/mol. The Bertz CT molecular complexity index is 1770. The third-order valence-corrected chi connectivity index (χ3v) is 10.2. The second-order valence-corrected chi connectivity index (χ2v) is 13.4. The number of carbonyl (C=O) groups is 4. The highest BCUT2D eigenvalue weighted by molar-refractivity contribution is 6.32. The lowest BCUT2D eigenvalue weighted by Crippen LogP contribution is -2.54. The monoisotopic (exact) mass is 733 g/mol. The number of carbonyl (C=O) groups excluding carboxylic acids is 4. The Kier molecular flexibility index (Phi) is 11.6. The number of rotatable bonds is 9. The molecule has 0 spiro atoms. The molecule has 3 aliphatic heterocycles. The van der Waals surface area contributed by atoms with Crippen molar-refractivity contribution in [1.29, 1.82) is 0 Å². The number of esters is 1. The van der Waals surface area contributed by atoms with Crippen LogP contribution >= 0.6 is 11.6 Å². The summed E-state index contributed by atoms with van der Waals surface area (Å²) in [5, 5.41) is 13.4. The SMILES string of the molecule is CCOC(=O)c1ccc(N2CCN(C(=O)[C@@H](Cc3cc(Cl)c(O)c(OC)c3)OC(=O)N3CCC(N4CCc5ccccc5NC4=O)CC3)CC2)cc1. The Morgan fingerprint density at radius 2 is 1.65 bits per heavy atom. The average Bonchev–Trinajstić information content (AvgIpc) is 3.33. The van der Waals surface area contributed by atoms with Crippen molar-refractivity contribution in [2.75, 3.05) is 69.7 Å². The number of ether oxygens (including phenoxy) is 3. The van der Waals surface area contributed by atoms with E-state index in [0.717, 1.165) is 23.4 Å². The largest absolute Gasteiger partial charge is 0.503 e. The number of urea groups is 1. The van der Waals surface area contributed by atoms with E-state index in [0.29, 0.717) is 76.4 Å². The number of hydrogen-bond acceptors (Lipinski definition) is 9.